The van der Waals surface area contributed by atoms with E-state index < -0.39 is 0 Å². The second-order valence-electron chi connectivity index (χ2n) is 7.21. The molecule has 5 atom stereocenters. The first-order chi connectivity index (χ1) is 7.80. The Kier molecular flexibility index (Phi) is 2.18. The largest absolute Gasteiger partial charge is 0.388 e. The fraction of sp³-hybridized carbons (Fsp3) is 0.867. The minimum Gasteiger partial charge on any atom is -0.388 e. The summed E-state index contributed by atoms with van der Waals surface area (Å²) in [7, 11) is 0. The zero-order chi connectivity index (χ0) is 12.5. The molecule has 96 valence electrons. The van der Waals surface area contributed by atoms with E-state index in [2.05, 4.69) is 33.8 Å². The van der Waals surface area contributed by atoms with Crippen LogP contribution in [0.1, 0.15) is 47.0 Å². The quantitative estimate of drug-likeness (QED) is 0.655. The smallest absolute Gasteiger partial charge is 0.0778 e. The lowest BCUT2D eigenvalue weighted by Gasteiger charge is -2.52. The maximum absolute atomic E-state index is 10.4. The molecule has 1 aliphatic heterocycles. The van der Waals surface area contributed by atoms with Gasteiger partial charge in [0.05, 0.1) is 17.3 Å². The van der Waals surface area contributed by atoms with Crippen molar-refractivity contribution in [3.63, 3.8) is 0 Å². The van der Waals surface area contributed by atoms with Crippen molar-refractivity contribution in [3.8, 4) is 0 Å². The average Bonchev–Trinajstić information content (AvgIpc) is 2.40. The first kappa shape index (κ1) is 11.7. The van der Waals surface area contributed by atoms with Crippen molar-refractivity contribution in [2.45, 2.75) is 64.3 Å². The lowest BCUT2D eigenvalue weighted by atomic mass is 9.52. The molecule has 0 bridgehead atoms. The van der Waals surface area contributed by atoms with E-state index in [-0.39, 0.29) is 22.7 Å². The van der Waals surface area contributed by atoms with Crippen LogP contribution in [0.25, 0.3) is 0 Å². The highest BCUT2D eigenvalue weighted by Gasteiger charge is 2.64. The Bertz CT molecular complexity index is 373. The van der Waals surface area contributed by atoms with Gasteiger partial charge in [-0.3, -0.25) is 0 Å². The normalized spacial score (nSPS) is 55.7. The Hall–Kier alpha value is -0.340. The van der Waals surface area contributed by atoms with Crippen LogP contribution in [0.3, 0.4) is 0 Å². The molecule has 0 aromatic carbocycles. The van der Waals surface area contributed by atoms with E-state index in [0.29, 0.717) is 11.8 Å². The minimum atomic E-state index is -0.305. The van der Waals surface area contributed by atoms with Gasteiger partial charge in [-0.15, -0.1) is 0 Å². The summed E-state index contributed by atoms with van der Waals surface area (Å²) in [6.07, 6.45) is 7.32. The van der Waals surface area contributed by atoms with Crippen LogP contribution in [0.4, 0.5) is 0 Å². The molecule has 1 unspecified atom stereocenters. The Morgan fingerprint density at radius 2 is 1.82 bits per heavy atom. The SMILES string of the molecule is CC1(C)O[C@]2(C)CCC[C@@]3(C)C2[C@@H]1C=C[C@@H]3O. The van der Waals surface area contributed by atoms with Crippen molar-refractivity contribution < 1.29 is 9.84 Å². The zero-order valence-corrected chi connectivity index (χ0v) is 11.4. The molecule has 0 radical (unpaired) electrons. The molecule has 2 fully saturated rings. The van der Waals surface area contributed by atoms with Crippen molar-refractivity contribution in [2.75, 3.05) is 0 Å². The number of aliphatic hydroxyl groups excluding tert-OH is 1. The Balaban J connectivity index is 2.13. The van der Waals surface area contributed by atoms with Gasteiger partial charge in [-0.25, -0.2) is 0 Å². The van der Waals surface area contributed by atoms with Gasteiger partial charge in [-0.2, -0.15) is 0 Å². The van der Waals surface area contributed by atoms with Crippen molar-refractivity contribution in [1.82, 2.24) is 0 Å². The molecule has 1 N–H and O–H groups in total. The number of rotatable bonds is 0. The van der Waals surface area contributed by atoms with Gasteiger partial charge in [0.25, 0.3) is 0 Å². The van der Waals surface area contributed by atoms with Crippen molar-refractivity contribution in [3.05, 3.63) is 12.2 Å². The summed E-state index contributed by atoms with van der Waals surface area (Å²) in [6, 6.07) is 0. The maximum Gasteiger partial charge on any atom is 0.0778 e. The summed E-state index contributed by atoms with van der Waals surface area (Å²) in [5.41, 5.74) is -0.144. The molecule has 3 aliphatic rings. The minimum absolute atomic E-state index is 0.000185. The van der Waals surface area contributed by atoms with Gasteiger partial charge in [0, 0.05) is 17.3 Å². The highest BCUT2D eigenvalue weighted by molar-refractivity contribution is 5.23. The monoisotopic (exact) mass is 236 g/mol. The van der Waals surface area contributed by atoms with Gasteiger partial charge >= 0.3 is 0 Å². The van der Waals surface area contributed by atoms with Crippen molar-refractivity contribution in [1.29, 1.82) is 0 Å². The fourth-order valence-electron chi connectivity index (χ4n) is 4.92. The lowest BCUT2D eigenvalue weighted by Crippen LogP contribution is -2.54. The number of hydrogen-bond acceptors (Lipinski definition) is 2. The molecular formula is C15H24O2. The van der Waals surface area contributed by atoms with Crippen molar-refractivity contribution in [2.24, 2.45) is 17.3 Å². The Labute approximate surface area is 104 Å². The molecule has 0 amide bonds. The molecule has 0 aromatic rings. The van der Waals surface area contributed by atoms with Crippen LogP contribution in [-0.4, -0.2) is 22.4 Å². The predicted molar refractivity (Wildman–Crippen MR) is 67.7 cm³/mol. The standard InChI is InChI=1S/C15H24O2/c1-13(2)10-6-7-11(16)14(3)8-5-9-15(4,17-13)12(10)14/h6-7,10-12,16H,5,8-9H2,1-4H3/t10-,11-,12?,14+,15+/m0/s1. The van der Waals surface area contributed by atoms with E-state index >= 15 is 0 Å². The highest BCUT2D eigenvalue weighted by Crippen LogP contribution is 2.63. The van der Waals surface area contributed by atoms with Crippen LogP contribution in [0.5, 0.6) is 0 Å². The molecule has 0 spiro atoms. The van der Waals surface area contributed by atoms with E-state index in [1.807, 2.05) is 6.08 Å². The molecule has 1 heterocycles. The highest BCUT2D eigenvalue weighted by atomic mass is 16.5. The van der Waals surface area contributed by atoms with Crippen LogP contribution in [0.15, 0.2) is 12.2 Å². The van der Waals surface area contributed by atoms with E-state index in [1.165, 1.54) is 0 Å². The van der Waals surface area contributed by atoms with Crippen molar-refractivity contribution >= 4 is 0 Å². The van der Waals surface area contributed by atoms with Gasteiger partial charge in [0.2, 0.25) is 0 Å². The first-order valence-corrected chi connectivity index (χ1v) is 6.86. The Morgan fingerprint density at radius 3 is 2.53 bits per heavy atom. The summed E-state index contributed by atoms with van der Waals surface area (Å²) in [4.78, 5) is 0. The molecular weight excluding hydrogens is 212 g/mol. The lowest BCUT2D eigenvalue weighted by molar-refractivity contribution is -0.136. The van der Waals surface area contributed by atoms with Crippen LogP contribution in [-0.2, 0) is 4.74 Å². The number of ether oxygens (including phenoxy) is 1. The van der Waals surface area contributed by atoms with E-state index in [0.717, 1.165) is 19.3 Å². The summed E-state index contributed by atoms with van der Waals surface area (Å²) in [5, 5.41) is 10.4. The van der Waals surface area contributed by atoms with Crippen LogP contribution >= 0.6 is 0 Å². The predicted octanol–water partition coefficient (Wildman–Crippen LogP) is 2.91. The van der Waals surface area contributed by atoms with E-state index in [1.54, 1.807) is 0 Å². The molecule has 2 nitrogen and oxygen atoms in total. The molecule has 2 heteroatoms. The van der Waals surface area contributed by atoms with Gasteiger partial charge in [-0.1, -0.05) is 19.1 Å². The fourth-order valence-corrected chi connectivity index (χ4v) is 4.92. The summed E-state index contributed by atoms with van der Waals surface area (Å²) in [6.45, 7) is 8.90. The molecule has 2 aliphatic carbocycles. The average molecular weight is 236 g/mol. The number of aliphatic hydroxyl groups is 1. The van der Waals surface area contributed by atoms with Gasteiger partial charge in [-0.05, 0) is 40.0 Å². The maximum atomic E-state index is 10.4. The second kappa shape index (κ2) is 3.16. The van der Waals surface area contributed by atoms with Gasteiger partial charge in [0.1, 0.15) is 0 Å². The summed E-state index contributed by atoms with van der Waals surface area (Å²) >= 11 is 0. The number of hydrogen-bond donors (Lipinski definition) is 1. The summed E-state index contributed by atoms with van der Waals surface area (Å²) in [5.74, 6) is 0.903. The van der Waals surface area contributed by atoms with E-state index in [4.69, 9.17) is 4.74 Å². The topological polar surface area (TPSA) is 29.5 Å². The second-order valence-corrected chi connectivity index (χ2v) is 7.21. The van der Waals surface area contributed by atoms with Gasteiger partial charge < -0.3 is 9.84 Å². The van der Waals surface area contributed by atoms with Crippen LogP contribution < -0.4 is 0 Å². The van der Waals surface area contributed by atoms with Crippen LogP contribution in [0.2, 0.25) is 0 Å². The molecule has 17 heavy (non-hydrogen) atoms. The molecule has 1 saturated carbocycles. The Morgan fingerprint density at radius 1 is 1.12 bits per heavy atom. The van der Waals surface area contributed by atoms with Crippen LogP contribution in [0, 0.1) is 17.3 Å². The first-order valence-electron chi connectivity index (χ1n) is 6.86. The third-order valence-electron chi connectivity index (χ3n) is 5.59. The third kappa shape index (κ3) is 1.34. The van der Waals surface area contributed by atoms with Gasteiger partial charge in [0.15, 0.2) is 0 Å². The molecule has 0 aromatic heterocycles. The molecule has 3 rings (SSSR count). The zero-order valence-electron chi connectivity index (χ0n) is 11.4. The molecule has 1 saturated heterocycles. The third-order valence-corrected chi connectivity index (χ3v) is 5.59. The van der Waals surface area contributed by atoms with E-state index in [9.17, 15) is 5.11 Å². The summed E-state index contributed by atoms with van der Waals surface area (Å²) < 4.78 is 6.41.